The number of methoxy groups -OCH3 is 3. The lowest BCUT2D eigenvalue weighted by molar-refractivity contribution is -0.119. The molecule has 0 saturated carbocycles. The Labute approximate surface area is 225 Å². The van der Waals surface area contributed by atoms with Crippen LogP contribution >= 0.6 is 11.6 Å². The zero-order valence-corrected chi connectivity index (χ0v) is 22.3. The maximum Gasteiger partial charge on any atom is 0.343 e. The highest BCUT2D eigenvalue weighted by atomic mass is 35.5. The van der Waals surface area contributed by atoms with E-state index in [9.17, 15) is 14.4 Å². The third kappa shape index (κ3) is 5.31. The summed E-state index contributed by atoms with van der Waals surface area (Å²) in [6.45, 7) is 1.43. The van der Waals surface area contributed by atoms with Gasteiger partial charge in [-0.3, -0.25) is 9.59 Å². The predicted octanol–water partition coefficient (Wildman–Crippen LogP) is 4.82. The van der Waals surface area contributed by atoms with E-state index in [1.54, 1.807) is 42.5 Å². The van der Waals surface area contributed by atoms with Gasteiger partial charge in [-0.05, 0) is 65.4 Å². The number of ether oxygens (including phenoxy) is 4. The molecule has 0 bridgehead atoms. The van der Waals surface area contributed by atoms with Gasteiger partial charge in [0.15, 0.2) is 17.2 Å². The molecule has 1 amide bonds. The van der Waals surface area contributed by atoms with Gasteiger partial charge in [0.25, 0.3) is 0 Å². The lowest BCUT2D eigenvalue weighted by Gasteiger charge is -2.20. The molecule has 0 heterocycles. The third-order valence-electron chi connectivity index (χ3n) is 6.42. The van der Waals surface area contributed by atoms with Crippen molar-refractivity contribution in [3.05, 3.63) is 81.0 Å². The third-order valence-corrected chi connectivity index (χ3v) is 6.73. The van der Waals surface area contributed by atoms with Crippen molar-refractivity contribution in [1.82, 2.24) is 5.32 Å². The minimum Gasteiger partial charge on any atom is -0.493 e. The van der Waals surface area contributed by atoms with Crippen molar-refractivity contribution in [2.45, 2.75) is 31.7 Å². The lowest BCUT2D eigenvalue weighted by atomic mass is 9.95. The monoisotopic (exact) mass is 537 g/mol. The molecule has 0 fully saturated rings. The molecule has 1 atom stereocenters. The number of aryl methyl sites for hydroxylation is 1. The zero-order valence-electron chi connectivity index (χ0n) is 21.6. The van der Waals surface area contributed by atoms with Crippen LogP contribution in [0.5, 0.6) is 23.0 Å². The molecule has 9 heteroatoms. The fourth-order valence-corrected chi connectivity index (χ4v) is 4.85. The van der Waals surface area contributed by atoms with Gasteiger partial charge in [0, 0.05) is 18.4 Å². The maximum atomic E-state index is 13.0. The SMILES string of the molecule is COc1c(OC(=O)c2ccc(CCl)cc2)cc2c(c1OC)-c1ccc(OC)c(=O)cc1C(NC(C)=O)CC2. The molecule has 0 aliphatic heterocycles. The van der Waals surface area contributed by atoms with Crippen LogP contribution in [0.4, 0.5) is 0 Å². The summed E-state index contributed by atoms with van der Waals surface area (Å²) < 4.78 is 22.5. The van der Waals surface area contributed by atoms with Crippen molar-refractivity contribution in [1.29, 1.82) is 0 Å². The van der Waals surface area contributed by atoms with Crippen LogP contribution < -0.4 is 29.7 Å². The normalized spacial score (nSPS) is 13.9. The Bertz CT molecular complexity index is 1440. The van der Waals surface area contributed by atoms with Crippen LogP contribution in [0.3, 0.4) is 0 Å². The van der Waals surface area contributed by atoms with Crippen molar-refractivity contribution in [3.63, 3.8) is 0 Å². The van der Waals surface area contributed by atoms with E-state index in [4.69, 9.17) is 30.5 Å². The van der Waals surface area contributed by atoms with E-state index in [2.05, 4.69) is 5.32 Å². The molecular weight excluding hydrogens is 510 g/mol. The fraction of sp³-hybridized carbons (Fsp3) is 0.276. The number of carbonyl (C=O) groups excluding carboxylic acids is 2. The summed E-state index contributed by atoms with van der Waals surface area (Å²) in [7, 11) is 4.38. The van der Waals surface area contributed by atoms with E-state index in [1.165, 1.54) is 34.3 Å². The number of benzene rings is 2. The Balaban J connectivity index is 1.90. The number of nitrogens with one attached hydrogen (secondary N) is 1. The number of fused-ring (bicyclic) bond motifs is 3. The number of rotatable bonds is 7. The van der Waals surface area contributed by atoms with Crippen LogP contribution in [0.2, 0.25) is 0 Å². The Morgan fingerprint density at radius 2 is 1.66 bits per heavy atom. The number of alkyl halides is 1. The van der Waals surface area contributed by atoms with Crippen LogP contribution in [0.25, 0.3) is 11.1 Å². The number of hydrogen-bond acceptors (Lipinski definition) is 7. The molecule has 0 aromatic heterocycles. The van der Waals surface area contributed by atoms with E-state index in [-0.39, 0.29) is 28.6 Å². The standard InChI is InChI=1S/C29H28ClNO7/c1-16(32)31-22-11-9-19-13-25(38-29(34)18-7-5-17(15-30)6-8-18)27(36-3)28(37-4)26(19)20-10-12-24(35-2)23(33)14-21(20)22/h5-8,10,12-14,22H,9,11,15H2,1-4H3,(H,31,32). The molecule has 4 rings (SSSR count). The molecule has 1 N–H and O–H groups in total. The number of esters is 1. The molecule has 38 heavy (non-hydrogen) atoms. The van der Waals surface area contributed by atoms with E-state index in [1.807, 2.05) is 0 Å². The smallest absolute Gasteiger partial charge is 0.343 e. The van der Waals surface area contributed by atoms with E-state index < -0.39 is 12.0 Å². The summed E-state index contributed by atoms with van der Waals surface area (Å²) in [5.41, 5.74) is 3.69. The summed E-state index contributed by atoms with van der Waals surface area (Å²) in [5.74, 6) is 0.466. The highest BCUT2D eigenvalue weighted by molar-refractivity contribution is 6.17. The summed E-state index contributed by atoms with van der Waals surface area (Å²) >= 11 is 5.86. The fourth-order valence-electron chi connectivity index (χ4n) is 4.67. The van der Waals surface area contributed by atoms with Crippen LogP contribution in [-0.2, 0) is 17.1 Å². The number of hydrogen-bond donors (Lipinski definition) is 1. The summed E-state index contributed by atoms with van der Waals surface area (Å²) in [6.07, 6.45) is 0.993. The second-order valence-corrected chi connectivity index (χ2v) is 9.03. The Kier molecular flexibility index (Phi) is 8.22. The van der Waals surface area contributed by atoms with Crippen molar-refractivity contribution < 1.29 is 28.5 Å². The Morgan fingerprint density at radius 3 is 2.26 bits per heavy atom. The predicted molar refractivity (Wildman–Crippen MR) is 144 cm³/mol. The van der Waals surface area contributed by atoms with Gasteiger partial charge in [-0.2, -0.15) is 0 Å². The molecule has 8 nitrogen and oxygen atoms in total. The van der Waals surface area contributed by atoms with E-state index >= 15 is 0 Å². The molecule has 1 aliphatic rings. The Hall–Kier alpha value is -4.04. The number of halogens is 1. The first-order valence-electron chi connectivity index (χ1n) is 12.0. The van der Waals surface area contributed by atoms with Gasteiger partial charge in [-0.25, -0.2) is 4.79 Å². The topological polar surface area (TPSA) is 100 Å². The first-order valence-corrected chi connectivity index (χ1v) is 12.5. The molecular formula is C29H28ClNO7. The molecule has 1 unspecified atom stereocenters. The van der Waals surface area contributed by atoms with Crippen molar-refractivity contribution in [2.75, 3.05) is 21.3 Å². The second kappa shape index (κ2) is 11.6. The van der Waals surface area contributed by atoms with Gasteiger partial charge in [0.05, 0.1) is 32.9 Å². The Morgan fingerprint density at radius 1 is 0.947 bits per heavy atom. The zero-order chi connectivity index (χ0) is 27.4. The van der Waals surface area contributed by atoms with Crippen LogP contribution in [0.1, 0.15) is 46.4 Å². The van der Waals surface area contributed by atoms with Crippen LogP contribution in [-0.4, -0.2) is 33.2 Å². The van der Waals surface area contributed by atoms with Crippen LogP contribution in [0, 0.1) is 0 Å². The summed E-state index contributed by atoms with van der Waals surface area (Å²) in [6, 6.07) is 12.9. The van der Waals surface area contributed by atoms with Gasteiger partial charge in [0.1, 0.15) is 0 Å². The minimum absolute atomic E-state index is 0.165. The van der Waals surface area contributed by atoms with Crippen molar-refractivity contribution in [2.24, 2.45) is 0 Å². The van der Waals surface area contributed by atoms with E-state index in [0.717, 1.165) is 11.1 Å². The minimum atomic E-state index is -0.566. The molecule has 3 aromatic carbocycles. The largest absolute Gasteiger partial charge is 0.493 e. The van der Waals surface area contributed by atoms with Gasteiger partial charge in [-0.1, -0.05) is 18.2 Å². The molecule has 3 aromatic rings. The first kappa shape index (κ1) is 27.0. The van der Waals surface area contributed by atoms with Crippen molar-refractivity contribution >= 4 is 23.5 Å². The highest BCUT2D eigenvalue weighted by Crippen LogP contribution is 2.50. The number of carbonyl (C=O) groups is 2. The molecule has 1 aliphatic carbocycles. The molecule has 0 spiro atoms. The summed E-state index contributed by atoms with van der Waals surface area (Å²) in [5, 5.41) is 2.95. The van der Waals surface area contributed by atoms with Gasteiger partial charge in [0.2, 0.25) is 17.1 Å². The molecule has 0 radical (unpaired) electrons. The lowest BCUT2D eigenvalue weighted by Crippen LogP contribution is -2.26. The number of amides is 1. The average Bonchev–Trinajstić information content (AvgIpc) is 3.16. The van der Waals surface area contributed by atoms with Crippen molar-refractivity contribution in [3.8, 4) is 34.1 Å². The second-order valence-electron chi connectivity index (χ2n) is 8.77. The summed E-state index contributed by atoms with van der Waals surface area (Å²) in [4.78, 5) is 37.9. The molecule has 198 valence electrons. The van der Waals surface area contributed by atoms with Gasteiger partial charge >= 0.3 is 5.97 Å². The van der Waals surface area contributed by atoms with E-state index in [0.29, 0.717) is 46.7 Å². The van der Waals surface area contributed by atoms with Crippen LogP contribution in [0.15, 0.2) is 53.3 Å². The van der Waals surface area contributed by atoms with Gasteiger partial charge < -0.3 is 24.3 Å². The highest BCUT2D eigenvalue weighted by Gasteiger charge is 2.30. The van der Waals surface area contributed by atoms with Gasteiger partial charge in [-0.15, -0.1) is 11.6 Å². The average molecular weight is 538 g/mol. The first-order chi connectivity index (χ1) is 18.3. The molecule has 0 saturated heterocycles. The maximum absolute atomic E-state index is 13.0. The quantitative estimate of drug-likeness (QED) is 0.262.